The number of carbonyl (C=O) groups excluding carboxylic acids is 1. The van der Waals surface area contributed by atoms with Crippen LogP contribution in [0, 0.1) is 13.8 Å². The minimum Gasteiger partial charge on any atom is -0.492 e. The number of benzene rings is 1. The molecule has 0 aliphatic rings. The van der Waals surface area contributed by atoms with E-state index in [1.807, 2.05) is 26.8 Å². The Morgan fingerprint density at radius 3 is 2.64 bits per heavy atom. The molecule has 0 aliphatic carbocycles. The number of hydrogen-bond acceptors (Lipinski definition) is 2. The minimum atomic E-state index is 0.493. The Morgan fingerprint density at radius 2 is 2.14 bits per heavy atom. The lowest BCUT2D eigenvalue weighted by atomic mass is 10.0. The molecule has 1 aromatic carbocycles. The van der Waals surface area contributed by atoms with Gasteiger partial charge in [-0.3, -0.25) is 4.79 Å². The summed E-state index contributed by atoms with van der Waals surface area (Å²) < 4.78 is 5.33. The fourth-order valence-corrected chi connectivity index (χ4v) is 1.63. The van der Waals surface area contributed by atoms with Crippen molar-refractivity contribution in [2.45, 2.75) is 20.8 Å². The number of rotatable bonds is 3. The summed E-state index contributed by atoms with van der Waals surface area (Å²) in [5.74, 6) is 0.493. The van der Waals surface area contributed by atoms with Gasteiger partial charge in [-0.15, -0.1) is 0 Å². The van der Waals surface area contributed by atoms with E-state index < -0.39 is 0 Å². The van der Waals surface area contributed by atoms with Gasteiger partial charge in [0.05, 0.1) is 17.2 Å². The topological polar surface area (TPSA) is 26.3 Å². The number of carbonyl (C=O) groups is 1. The van der Waals surface area contributed by atoms with Crippen LogP contribution in [0.1, 0.15) is 28.4 Å². The monoisotopic (exact) mass is 212 g/mol. The van der Waals surface area contributed by atoms with Crippen LogP contribution in [0.4, 0.5) is 0 Å². The van der Waals surface area contributed by atoms with Crippen LogP contribution in [-0.2, 0) is 0 Å². The molecule has 0 saturated carbocycles. The van der Waals surface area contributed by atoms with E-state index in [1.165, 1.54) is 0 Å². The minimum absolute atomic E-state index is 0.493. The number of ether oxygens (including phenoxy) is 1. The molecule has 0 amide bonds. The molecule has 1 aromatic rings. The van der Waals surface area contributed by atoms with Gasteiger partial charge in [0.1, 0.15) is 5.75 Å². The highest BCUT2D eigenvalue weighted by atomic mass is 35.5. The average Bonchev–Trinajstić information content (AvgIpc) is 2.15. The van der Waals surface area contributed by atoms with Gasteiger partial charge in [0, 0.05) is 0 Å². The smallest absolute Gasteiger partial charge is 0.154 e. The van der Waals surface area contributed by atoms with E-state index in [2.05, 4.69) is 0 Å². The van der Waals surface area contributed by atoms with Gasteiger partial charge in [-0.05, 0) is 38.0 Å². The molecule has 2 nitrogen and oxygen atoms in total. The zero-order valence-corrected chi connectivity index (χ0v) is 9.31. The van der Waals surface area contributed by atoms with Crippen LogP contribution >= 0.6 is 11.6 Å². The molecule has 0 saturated heterocycles. The summed E-state index contributed by atoms with van der Waals surface area (Å²) in [6.07, 6.45) is 0.791. The van der Waals surface area contributed by atoms with E-state index in [9.17, 15) is 4.79 Å². The molecular formula is C11H13ClO2. The lowest BCUT2D eigenvalue weighted by Crippen LogP contribution is -2.00. The van der Waals surface area contributed by atoms with Crippen LogP contribution in [0.2, 0.25) is 5.02 Å². The summed E-state index contributed by atoms with van der Waals surface area (Å²) in [6.45, 7) is 6.17. The summed E-state index contributed by atoms with van der Waals surface area (Å²) in [6, 6.07) is 1.81. The van der Waals surface area contributed by atoms with E-state index in [-0.39, 0.29) is 0 Å². The molecule has 0 aromatic heterocycles. The lowest BCUT2D eigenvalue weighted by molar-refractivity contribution is 0.111. The van der Waals surface area contributed by atoms with Crippen LogP contribution in [0.15, 0.2) is 6.07 Å². The van der Waals surface area contributed by atoms with Crippen molar-refractivity contribution in [2.24, 2.45) is 0 Å². The highest BCUT2D eigenvalue weighted by Crippen LogP contribution is 2.32. The van der Waals surface area contributed by atoms with Crippen LogP contribution in [-0.4, -0.2) is 12.9 Å². The molecule has 0 unspecified atom stereocenters. The van der Waals surface area contributed by atoms with Crippen molar-refractivity contribution in [1.29, 1.82) is 0 Å². The fourth-order valence-electron chi connectivity index (χ4n) is 1.31. The third-order valence-corrected chi connectivity index (χ3v) is 2.49. The molecule has 0 fully saturated rings. The van der Waals surface area contributed by atoms with Gasteiger partial charge in [-0.2, -0.15) is 0 Å². The predicted molar refractivity (Wildman–Crippen MR) is 57.5 cm³/mol. The summed E-state index contributed by atoms with van der Waals surface area (Å²) in [5, 5.41) is 0.497. The highest BCUT2D eigenvalue weighted by molar-refractivity contribution is 6.32. The van der Waals surface area contributed by atoms with Crippen LogP contribution in [0.25, 0.3) is 0 Å². The summed E-state index contributed by atoms with van der Waals surface area (Å²) in [5.41, 5.74) is 2.48. The molecule has 0 aliphatic heterocycles. The highest BCUT2D eigenvalue weighted by Gasteiger charge is 2.12. The van der Waals surface area contributed by atoms with Crippen molar-refractivity contribution >= 4 is 17.9 Å². The first-order chi connectivity index (χ1) is 6.61. The van der Waals surface area contributed by atoms with E-state index in [0.29, 0.717) is 22.9 Å². The van der Waals surface area contributed by atoms with Crippen molar-refractivity contribution in [1.82, 2.24) is 0 Å². The number of aryl methyl sites for hydroxylation is 1. The normalized spacial score (nSPS) is 10.0. The summed E-state index contributed by atoms with van der Waals surface area (Å²) in [7, 11) is 0. The summed E-state index contributed by atoms with van der Waals surface area (Å²) in [4.78, 5) is 10.9. The SMILES string of the molecule is CCOc1c(Cl)cc(C)c(C)c1C=O. The Kier molecular flexibility index (Phi) is 3.53. The van der Waals surface area contributed by atoms with Crippen molar-refractivity contribution < 1.29 is 9.53 Å². The van der Waals surface area contributed by atoms with Crippen LogP contribution < -0.4 is 4.74 Å². The maximum absolute atomic E-state index is 10.9. The maximum atomic E-state index is 10.9. The van der Waals surface area contributed by atoms with Gasteiger partial charge in [0.15, 0.2) is 6.29 Å². The summed E-state index contributed by atoms with van der Waals surface area (Å²) >= 11 is 5.98. The molecule has 3 heteroatoms. The second-order valence-electron chi connectivity index (χ2n) is 3.09. The molecule has 0 spiro atoms. The Bertz CT molecular complexity index is 359. The van der Waals surface area contributed by atoms with E-state index in [0.717, 1.165) is 17.4 Å². The van der Waals surface area contributed by atoms with E-state index in [1.54, 1.807) is 0 Å². The average molecular weight is 213 g/mol. The molecule has 0 N–H and O–H groups in total. The Morgan fingerprint density at radius 1 is 1.50 bits per heavy atom. The molecule has 76 valence electrons. The molecule has 0 heterocycles. The number of aldehydes is 1. The number of halogens is 1. The molecule has 1 rings (SSSR count). The third-order valence-electron chi connectivity index (χ3n) is 2.21. The standard InChI is InChI=1S/C11H13ClO2/c1-4-14-11-9(6-13)8(3)7(2)5-10(11)12/h5-6H,4H2,1-3H3. The van der Waals surface area contributed by atoms with Crippen molar-refractivity contribution in [2.75, 3.05) is 6.61 Å². The third kappa shape index (κ3) is 1.90. The Hall–Kier alpha value is -1.02. The first kappa shape index (κ1) is 11.1. The molecule has 0 atom stereocenters. The largest absolute Gasteiger partial charge is 0.492 e. The fraction of sp³-hybridized carbons (Fsp3) is 0.364. The van der Waals surface area contributed by atoms with Gasteiger partial charge in [0.2, 0.25) is 0 Å². The zero-order valence-electron chi connectivity index (χ0n) is 8.56. The first-order valence-electron chi connectivity index (χ1n) is 4.49. The van der Waals surface area contributed by atoms with Gasteiger partial charge in [-0.25, -0.2) is 0 Å². The van der Waals surface area contributed by atoms with Crippen molar-refractivity contribution in [3.8, 4) is 5.75 Å². The second-order valence-corrected chi connectivity index (χ2v) is 3.50. The molecule has 0 bridgehead atoms. The molecular weight excluding hydrogens is 200 g/mol. The van der Waals surface area contributed by atoms with E-state index in [4.69, 9.17) is 16.3 Å². The Balaban J connectivity index is 3.38. The first-order valence-corrected chi connectivity index (χ1v) is 4.87. The zero-order chi connectivity index (χ0) is 10.7. The van der Waals surface area contributed by atoms with Crippen molar-refractivity contribution in [3.63, 3.8) is 0 Å². The quantitative estimate of drug-likeness (QED) is 0.720. The van der Waals surface area contributed by atoms with Gasteiger partial charge >= 0.3 is 0 Å². The predicted octanol–water partition coefficient (Wildman–Crippen LogP) is 3.17. The Labute approximate surface area is 88.8 Å². The van der Waals surface area contributed by atoms with Gasteiger partial charge in [0.25, 0.3) is 0 Å². The van der Waals surface area contributed by atoms with E-state index >= 15 is 0 Å². The molecule has 0 radical (unpaired) electrons. The molecule has 14 heavy (non-hydrogen) atoms. The lowest BCUT2D eigenvalue weighted by Gasteiger charge is -2.12. The number of hydrogen-bond donors (Lipinski definition) is 0. The second kappa shape index (κ2) is 4.47. The van der Waals surface area contributed by atoms with Crippen LogP contribution in [0.3, 0.4) is 0 Å². The maximum Gasteiger partial charge on any atom is 0.154 e. The van der Waals surface area contributed by atoms with Gasteiger partial charge in [-0.1, -0.05) is 11.6 Å². The van der Waals surface area contributed by atoms with Crippen LogP contribution in [0.5, 0.6) is 5.75 Å². The van der Waals surface area contributed by atoms with Gasteiger partial charge < -0.3 is 4.74 Å². The van der Waals surface area contributed by atoms with Crippen molar-refractivity contribution in [3.05, 3.63) is 27.8 Å².